The van der Waals surface area contributed by atoms with E-state index in [9.17, 15) is 24.1 Å². The standard InChI is InChI=1S/C24H24F2N8O2/c1-32(22-17(13-28)23(35)33(2)18-9-6-15(12-27)30-21(18)22)16-7-4-14(5-8-16)20(31-36-24(25)26)19-10-11-29-34(19)3/h6,9-11,14,16,24H,4-5,7-8H2,1-3H3/b31-20-. The number of hydrogen-bond acceptors (Lipinski definition) is 8. The molecule has 0 aliphatic heterocycles. The van der Waals surface area contributed by atoms with Crippen molar-refractivity contribution in [1.29, 1.82) is 10.5 Å². The molecule has 0 spiro atoms. The number of aromatic nitrogens is 4. The third-order valence-electron chi connectivity index (χ3n) is 6.74. The summed E-state index contributed by atoms with van der Waals surface area (Å²) in [5.74, 6) is -0.136. The number of pyridine rings is 2. The summed E-state index contributed by atoms with van der Waals surface area (Å²) in [6, 6.07) is 8.86. The number of halogens is 2. The highest BCUT2D eigenvalue weighted by molar-refractivity contribution is 6.00. The predicted octanol–water partition coefficient (Wildman–Crippen LogP) is 3.05. The zero-order chi connectivity index (χ0) is 26.0. The minimum atomic E-state index is -3.03. The third kappa shape index (κ3) is 4.50. The smallest absolute Gasteiger partial charge is 0.369 e. The van der Waals surface area contributed by atoms with E-state index in [1.54, 1.807) is 44.2 Å². The molecule has 0 radical (unpaired) electrons. The first-order chi connectivity index (χ1) is 17.3. The van der Waals surface area contributed by atoms with Crippen molar-refractivity contribution in [2.75, 3.05) is 11.9 Å². The lowest BCUT2D eigenvalue weighted by Crippen LogP contribution is -2.39. The molecule has 12 heteroatoms. The van der Waals surface area contributed by atoms with Crippen LogP contribution in [0.25, 0.3) is 11.0 Å². The molecular formula is C24H24F2N8O2. The predicted molar refractivity (Wildman–Crippen MR) is 127 cm³/mol. The van der Waals surface area contributed by atoms with E-state index in [0.29, 0.717) is 53.8 Å². The van der Waals surface area contributed by atoms with Crippen LogP contribution in [0.5, 0.6) is 0 Å². The molecule has 0 unspecified atom stereocenters. The molecule has 3 aromatic heterocycles. The zero-order valence-corrected chi connectivity index (χ0v) is 20.0. The van der Waals surface area contributed by atoms with Crippen molar-refractivity contribution in [3.63, 3.8) is 0 Å². The highest BCUT2D eigenvalue weighted by Crippen LogP contribution is 2.35. The van der Waals surface area contributed by atoms with Gasteiger partial charge in [0.2, 0.25) is 0 Å². The van der Waals surface area contributed by atoms with Gasteiger partial charge in [-0.15, -0.1) is 0 Å². The van der Waals surface area contributed by atoms with E-state index in [1.165, 1.54) is 10.6 Å². The second-order valence-corrected chi connectivity index (χ2v) is 8.67. The lowest BCUT2D eigenvalue weighted by Gasteiger charge is -2.36. The Hall–Kier alpha value is -4.32. The Morgan fingerprint density at radius 1 is 1.19 bits per heavy atom. The first-order valence-corrected chi connectivity index (χ1v) is 11.3. The lowest BCUT2D eigenvalue weighted by molar-refractivity contribution is -0.128. The highest BCUT2D eigenvalue weighted by atomic mass is 19.3. The van der Waals surface area contributed by atoms with Crippen LogP contribution < -0.4 is 10.5 Å². The fourth-order valence-electron chi connectivity index (χ4n) is 4.87. The molecular weight excluding hydrogens is 470 g/mol. The summed E-state index contributed by atoms with van der Waals surface area (Å²) in [4.78, 5) is 23.5. The number of hydrogen-bond donors (Lipinski definition) is 0. The number of nitrogens with zero attached hydrogens (tertiary/aromatic N) is 8. The molecule has 0 N–H and O–H groups in total. The maximum Gasteiger partial charge on any atom is 0.407 e. The normalized spacial score (nSPS) is 18.2. The Labute approximate surface area is 205 Å². The molecule has 1 fully saturated rings. The molecule has 0 saturated heterocycles. The van der Waals surface area contributed by atoms with Crippen molar-refractivity contribution in [3.05, 3.63) is 51.7 Å². The van der Waals surface area contributed by atoms with Crippen molar-refractivity contribution in [2.45, 2.75) is 38.3 Å². The Morgan fingerprint density at radius 2 is 1.92 bits per heavy atom. The minimum Gasteiger partial charge on any atom is -0.369 e. The Morgan fingerprint density at radius 3 is 2.50 bits per heavy atom. The summed E-state index contributed by atoms with van der Waals surface area (Å²) in [6.07, 6.45) is 4.10. The van der Waals surface area contributed by atoms with Gasteiger partial charge in [-0.2, -0.15) is 24.4 Å². The number of oxime groups is 1. The summed E-state index contributed by atoms with van der Waals surface area (Å²) in [7, 11) is 5.07. The van der Waals surface area contributed by atoms with Crippen LogP contribution in [0.4, 0.5) is 14.5 Å². The van der Waals surface area contributed by atoms with Gasteiger partial charge in [0, 0.05) is 39.3 Å². The molecule has 0 aromatic carbocycles. The third-order valence-corrected chi connectivity index (χ3v) is 6.74. The van der Waals surface area contributed by atoms with E-state index in [0.717, 1.165) is 0 Å². The Balaban J connectivity index is 1.66. The maximum atomic E-state index is 12.9. The van der Waals surface area contributed by atoms with Crippen LogP contribution in [-0.4, -0.2) is 44.7 Å². The van der Waals surface area contributed by atoms with Gasteiger partial charge in [0.1, 0.15) is 34.6 Å². The lowest BCUT2D eigenvalue weighted by atomic mass is 9.81. The second-order valence-electron chi connectivity index (χ2n) is 8.67. The molecule has 1 aliphatic carbocycles. The molecule has 186 valence electrons. The summed E-state index contributed by atoms with van der Waals surface area (Å²) < 4.78 is 28.4. The van der Waals surface area contributed by atoms with Gasteiger partial charge in [0.05, 0.1) is 16.9 Å². The zero-order valence-electron chi connectivity index (χ0n) is 20.0. The SMILES string of the molecule is CN(c1c(C#N)c(=O)n(C)c2ccc(C#N)nc12)C1CCC(/C(=N/OC(F)F)c2ccnn2C)CC1. The number of alkyl halides is 2. The molecule has 0 amide bonds. The highest BCUT2D eigenvalue weighted by Gasteiger charge is 2.32. The second kappa shape index (κ2) is 10.1. The first-order valence-electron chi connectivity index (χ1n) is 11.3. The molecule has 10 nitrogen and oxygen atoms in total. The van der Waals surface area contributed by atoms with Gasteiger partial charge in [-0.1, -0.05) is 5.16 Å². The van der Waals surface area contributed by atoms with E-state index in [2.05, 4.69) is 20.1 Å². The van der Waals surface area contributed by atoms with Crippen molar-refractivity contribution >= 4 is 22.4 Å². The van der Waals surface area contributed by atoms with Crippen LogP contribution in [0.3, 0.4) is 0 Å². The van der Waals surface area contributed by atoms with E-state index in [1.807, 2.05) is 17.0 Å². The Bertz CT molecular complexity index is 1460. The van der Waals surface area contributed by atoms with Crippen molar-refractivity contribution in [1.82, 2.24) is 19.3 Å². The first kappa shape index (κ1) is 24.8. The van der Waals surface area contributed by atoms with Crippen molar-refractivity contribution in [3.8, 4) is 12.1 Å². The van der Waals surface area contributed by atoms with Gasteiger partial charge in [-0.25, -0.2) is 4.98 Å². The molecule has 4 rings (SSSR count). The summed E-state index contributed by atoms with van der Waals surface area (Å²) in [5, 5.41) is 27.0. The number of anilines is 1. The van der Waals surface area contributed by atoms with Gasteiger partial charge in [0.25, 0.3) is 5.56 Å². The van der Waals surface area contributed by atoms with E-state index in [4.69, 9.17) is 0 Å². The molecule has 3 aromatic rings. The van der Waals surface area contributed by atoms with Crippen LogP contribution in [0.15, 0.2) is 34.3 Å². The minimum absolute atomic E-state index is 0.0420. The van der Waals surface area contributed by atoms with Gasteiger partial charge in [-0.05, 0) is 43.9 Å². The monoisotopic (exact) mass is 494 g/mol. The van der Waals surface area contributed by atoms with Gasteiger partial charge in [0.15, 0.2) is 0 Å². The van der Waals surface area contributed by atoms with Gasteiger partial charge < -0.3 is 14.3 Å². The van der Waals surface area contributed by atoms with E-state index < -0.39 is 12.2 Å². The number of rotatable bonds is 6. The Kier molecular flexibility index (Phi) is 6.97. The quantitative estimate of drug-likeness (QED) is 0.381. The van der Waals surface area contributed by atoms with Crippen LogP contribution in [-0.2, 0) is 18.9 Å². The largest absolute Gasteiger partial charge is 0.407 e. The number of fused-ring (bicyclic) bond motifs is 1. The fourth-order valence-corrected chi connectivity index (χ4v) is 4.87. The average Bonchev–Trinajstić information content (AvgIpc) is 3.31. The van der Waals surface area contributed by atoms with Crippen LogP contribution in [0, 0.1) is 28.6 Å². The van der Waals surface area contributed by atoms with Crippen molar-refractivity contribution in [2.24, 2.45) is 25.2 Å². The summed E-state index contributed by atoms with van der Waals surface area (Å²) in [5.41, 5.74) is 2.01. The molecule has 36 heavy (non-hydrogen) atoms. The van der Waals surface area contributed by atoms with Crippen molar-refractivity contribution < 1.29 is 13.6 Å². The van der Waals surface area contributed by atoms with E-state index >= 15 is 0 Å². The molecule has 1 aliphatic rings. The topological polar surface area (TPSA) is 125 Å². The molecule has 3 heterocycles. The summed E-state index contributed by atoms with van der Waals surface area (Å²) >= 11 is 0. The average molecular weight is 495 g/mol. The molecule has 0 atom stereocenters. The van der Waals surface area contributed by atoms with Gasteiger partial charge >= 0.3 is 6.61 Å². The summed E-state index contributed by atoms with van der Waals surface area (Å²) in [6.45, 7) is -3.03. The molecule has 1 saturated carbocycles. The van der Waals surface area contributed by atoms with Crippen LogP contribution in [0.1, 0.15) is 42.6 Å². The number of nitriles is 2. The van der Waals surface area contributed by atoms with E-state index in [-0.39, 0.29) is 23.2 Å². The van der Waals surface area contributed by atoms with Crippen LogP contribution in [0.2, 0.25) is 0 Å². The molecule has 0 bridgehead atoms. The van der Waals surface area contributed by atoms with Crippen LogP contribution >= 0.6 is 0 Å². The maximum absolute atomic E-state index is 12.9. The fraction of sp³-hybridized carbons (Fsp3) is 0.417. The van der Waals surface area contributed by atoms with Gasteiger partial charge in [-0.3, -0.25) is 9.48 Å². The number of aryl methyl sites for hydroxylation is 2.